The fourth-order valence-corrected chi connectivity index (χ4v) is 3.26. The van der Waals surface area contributed by atoms with Crippen molar-refractivity contribution in [3.05, 3.63) is 66.1 Å². The van der Waals surface area contributed by atoms with Crippen molar-refractivity contribution in [2.75, 3.05) is 32.8 Å². The molecule has 0 radical (unpaired) electrons. The molecule has 1 aromatic carbocycles. The summed E-state index contributed by atoms with van der Waals surface area (Å²) in [5, 5.41) is 7.12. The Balaban J connectivity index is 0.000000429. The predicted octanol–water partition coefficient (Wildman–Crippen LogP) is 2.64. The third-order valence-corrected chi connectivity index (χ3v) is 5.10. The van der Waals surface area contributed by atoms with Crippen LogP contribution >= 0.6 is 0 Å². The van der Waals surface area contributed by atoms with Gasteiger partial charge in [0.2, 0.25) is 0 Å². The van der Waals surface area contributed by atoms with E-state index >= 15 is 0 Å². The monoisotopic (exact) mass is 492 g/mol. The first-order valence-corrected chi connectivity index (χ1v) is 10.5. The Labute approximate surface area is 198 Å². The Kier molecular flexibility index (Phi) is 7.94. The van der Waals surface area contributed by atoms with Gasteiger partial charge in [-0.1, -0.05) is 18.2 Å². The molecule has 186 valence electrons. The summed E-state index contributed by atoms with van der Waals surface area (Å²) < 4.78 is 39.1. The van der Waals surface area contributed by atoms with E-state index in [2.05, 4.69) is 4.98 Å². The molecule has 0 bridgehead atoms. The van der Waals surface area contributed by atoms with Gasteiger partial charge in [0.25, 0.3) is 11.8 Å². The van der Waals surface area contributed by atoms with Crippen molar-refractivity contribution in [1.29, 1.82) is 0 Å². The number of alkyl halides is 3. The van der Waals surface area contributed by atoms with Crippen molar-refractivity contribution in [3.63, 3.8) is 0 Å². The maximum Gasteiger partial charge on any atom is 0.490 e. The molecule has 12 heteroatoms. The number of amides is 2. The van der Waals surface area contributed by atoms with Crippen molar-refractivity contribution in [3.8, 4) is 5.75 Å². The van der Waals surface area contributed by atoms with Gasteiger partial charge in [-0.15, -0.1) is 0 Å². The summed E-state index contributed by atoms with van der Waals surface area (Å²) in [6.45, 7) is 3.97. The number of rotatable bonds is 4. The predicted molar refractivity (Wildman–Crippen MR) is 118 cm³/mol. The molecule has 1 saturated heterocycles. The van der Waals surface area contributed by atoms with Crippen molar-refractivity contribution in [1.82, 2.24) is 19.2 Å². The number of pyridine rings is 1. The van der Waals surface area contributed by atoms with Gasteiger partial charge in [0.15, 0.2) is 6.61 Å². The number of carboxylic acid groups (broad SMARTS) is 1. The maximum absolute atomic E-state index is 12.8. The van der Waals surface area contributed by atoms with E-state index in [1.165, 1.54) is 0 Å². The Morgan fingerprint density at radius 2 is 1.63 bits per heavy atom. The minimum Gasteiger partial charge on any atom is -0.484 e. The number of piperazine rings is 1. The number of carbonyl (C=O) groups is 3. The number of nitrogens with zero attached hydrogens (tertiary/aromatic N) is 4. The lowest BCUT2D eigenvalue weighted by atomic mass is 10.3. The zero-order valence-electron chi connectivity index (χ0n) is 18.7. The highest BCUT2D eigenvalue weighted by molar-refractivity contribution is 5.93. The van der Waals surface area contributed by atoms with Gasteiger partial charge in [0.1, 0.15) is 17.1 Å². The minimum atomic E-state index is -5.08. The maximum atomic E-state index is 12.8. The third kappa shape index (κ3) is 6.95. The first-order valence-electron chi connectivity index (χ1n) is 10.5. The van der Waals surface area contributed by atoms with Crippen molar-refractivity contribution in [2.45, 2.75) is 13.1 Å². The topological polar surface area (TPSA) is 104 Å². The molecule has 0 atom stereocenters. The molecular weight excluding hydrogens is 469 g/mol. The fraction of sp³-hybridized carbons (Fsp3) is 0.304. The van der Waals surface area contributed by atoms with Crippen LogP contribution in [0.15, 0.2) is 54.9 Å². The van der Waals surface area contributed by atoms with Crippen LogP contribution in [0.5, 0.6) is 5.75 Å². The lowest BCUT2D eigenvalue weighted by Crippen LogP contribution is -2.51. The minimum absolute atomic E-state index is 0.00372. The highest BCUT2D eigenvalue weighted by atomic mass is 19.4. The molecule has 1 fully saturated rings. The molecule has 3 aromatic rings. The van der Waals surface area contributed by atoms with Crippen LogP contribution in [0.1, 0.15) is 16.1 Å². The normalized spacial score (nSPS) is 13.7. The Morgan fingerprint density at radius 1 is 1.03 bits per heavy atom. The van der Waals surface area contributed by atoms with E-state index in [1.807, 2.05) is 60.0 Å². The third-order valence-electron chi connectivity index (χ3n) is 5.10. The number of imidazole rings is 1. The van der Waals surface area contributed by atoms with Gasteiger partial charge < -0.3 is 24.0 Å². The summed E-state index contributed by atoms with van der Waals surface area (Å²) >= 11 is 0. The second-order valence-corrected chi connectivity index (χ2v) is 7.67. The summed E-state index contributed by atoms with van der Waals surface area (Å²) in [6, 6.07) is 13.2. The zero-order chi connectivity index (χ0) is 25.6. The number of halogens is 3. The van der Waals surface area contributed by atoms with Crippen LogP contribution < -0.4 is 4.74 Å². The van der Waals surface area contributed by atoms with E-state index in [4.69, 9.17) is 14.6 Å². The van der Waals surface area contributed by atoms with E-state index in [1.54, 1.807) is 16.0 Å². The first kappa shape index (κ1) is 25.5. The smallest absolute Gasteiger partial charge is 0.484 e. The van der Waals surface area contributed by atoms with Gasteiger partial charge >= 0.3 is 12.1 Å². The molecular formula is C23H23F3N4O5. The van der Waals surface area contributed by atoms with E-state index in [9.17, 15) is 22.8 Å². The molecule has 35 heavy (non-hydrogen) atoms. The molecule has 2 aromatic heterocycles. The number of carbonyl (C=O) groups excluding carboxylic acids is 2. The lowest BCUT2D eigenvalue weighted by Gasteiger charge is -2.34. The first-order chi connectivity index (χ1) is 16.5. The highest BCUT2D eigenvalue weighted by Gasteiger charge is 2.38. The second kappa shape index (κ2) is 10.9. The van der Waals surface area contributed by atoms with Gasteiger partial charge in [-0.05, 0) is 36.8 Å². The van der Waals surface area contributed by atoms with E-state index in [0.29, 0.717) is 37.6 Å². The van der Waals surface area contributed by atoms with Crippen LogP contribution in [-0.4, -0.2) is 81.0 Å². The van der Waals surface area contributed by atoms with Gasteiger partial charge in [0.05, 0.1) is 0 Å². The van der Waals surface area contributed by atoms with Gasteiger partial charge in [-0.25, -0.2) is 9.78 Å². The van der Waals surface area contributed by atoms with Crippen LogP contribution in [0.4, 0.5) is 13.2 Å². The average Bonchev–Trinajstić information content (AvgIpc) is 3.26. The Morgan fingerprint density at radius 3 is 2.23 bits per heavy atom. The van der Waals surface area contributed by atoms with Crippen LogP contribution in [0.2, 0.25) is 0 Å². The van der Waals surface area contributed by atoms with Gasteiger partial charge in [-0.3, -0.25) is 9.59 Å². The summed E-state index contributed by atoms with van der Waals surface area (Å²) in [4.78, 5) is 41.9. The number of hydrogen-bond acceptors (Lipinski definition) is 5. The molecule has 0 aliphatic carbocycles. The van der Waals surface area contributed by atoms with Gasteiger partial charge in [-0.2, -0.15) is 13.2 Å². The number of fused-ring (bicyclic) bond motifs is 1. The molecule has 1 N–H and O–H groups in total. The number of para-hydroxylation sites is 1. The molecule has 0 unspecified atom stereocenters. The van der Waals surface area contributed by atoms with Crippen LogP contribution in [0.25, 0.3) is 5.65 Å². The van der Waals surface area contributed by atoms with E-state index in [-0.39, 0.29) is 18.4 Å². The molecule has 2 amide bonds. The Bertz CT molecular complexity index is 1190. The van der Waals surface area contributed by atoms with Crippen molar-refractivity contribution in [2.24, 2.45) is 0 Å². The number of carboxylic acids is 1. The molecule has 1 aliphatic heterocycles. The number of aromatic nitrogens is 2. The standard InChI is InChI=1S/C21H22N4O3.C2HF3O2/c1-16-7-8-25-14-18(22-19(25)13-16)21(27)24-11-9-23(10-12-24)20(26)15-28-17-5-3-2-4-6-17;3-2(4,5)1(6)7/h2-8,13-14H,9-12,15H2,1H3;(H,6,7). The number of ether oxygens (including phenoxy) is 1. The zero-order valence-corrected chi connectivity index (χ0v) is 18.7. The number of benzene rings is 1. The molecule has 0 saturated carbocycles. The van der Waals surface area contributed by atoms with Gasteiger partial charge in [0, 0.05) is 38.6 Å². The summed E-state index contributed by atoms with van der Waals surface area (Å²) in [6.07, 6.45) is -1.43. The Hall–Kier alpha value is -4.09. The number of aliphatic carboxylic acids is 1. The molecule has 0 spiro atoms. The lowest BCUT2D eigenvalue weighted by molar-refractivity contribution is -0.192. The molecule has 1 aliphatic rings. The fourth-order valence-electron chi connectivity index (χ4n) is 3.26. The quantitative estimate of drug-likeness (QED) is 0.601. The van der Waals surface area contributed by atoms with Crippen LogP contribution in [-0.2, 0) is 9.59 Å². The van der Waals surface area contributed by atoms with E-state index in [0.717, 1.165) is 11.2 Å². The largest absolute Gasteiger partial charge is 0.490 e. The second-order valence-electron chi connectivity index (χ2n) is 7.67. The average molecular weight is 492 g/mol. The number of aryl methyl sites for hydroxylation is 1. The molecule has 3 heterocycles. The molecule has 9 nitrogen and oxygen atoms in total. The van der Waals surface area contributed by atoms with Crippen molar-refractivity contribution >= 4 is 23.4 Å². The van der Waals surface area contributed by atoms with Crippen molar-refractivity contribution < 1.29 is 37.4 Å². The van der Waals surface area contributed by atoms with E-state index < -0.39 is 12.1 Å². The summed E-state index contributed by atoms with van der Waals surface area (Å²) in [7, 11) is 0. The van der Waals surface area contributed by atoms with Crippen LogP contribution in [0, 0.1) is 6.92 Å². The number of hydrogen-bond donors (Lipinski definition) is 1. The summed E-state index contributed by atoms with van der Waals surface area (Å²) in [5.74, 6) is -2.26. The summed E-state index contributed by atoms with van der Waals surface area (Å²) in [5.41, 5.74) is 2.29. The highest BCUT2D eigenvalue weighted by Crippen LogP contribution is 2.14. The van der Waals surface area contributed by atoms with Crippen LogP contribution in [0.3, 0.4) is 0 Å². The molecule has 4 rings (SSSR count). The SMILES string of the molecule is Cc1ccn2cc(C(=O)N3CCN(C(=O)COc4ccccc4)CC3)nc2c1.O=C(O)C(F)(F)F.